The number of nitrogens with one attached hydrogen (secondary N) is 1. The van der Waals surface area contributed by atoms with Gasteiger partial charge in [0.25, 0.3) is 11.8 Å². The fraction of sp³-hybridized carbons (Fsp3) is 0.0909. The predicted molar refractivity (Wildman–Crippen MR) is 106 cm³/mol. The summed E-state index contributed by atoms with van der Waals surface area (Å²) in [5, 5.41) is 12.3. The smallest absolute Gasteiger partial charge is 0.325 e. The van der Waals surface area contributed by atoms with Crippen LogP contribution in [0.2, 0.25) is 0 Å². The molecule has 0 radical (unpaired) electrons. The predicted octanol–water partition coefficient (Wildman–Crippen LogP) is 3.36. The number of aromatic nitrogens is 2. The maximum Gasteiger partial charge on any atom is 0.325 e. The molecule has 0 unspecified atom stereocenters. The second-order valence-electron chi connectivity index (χ2n) is 6.27. The Hall–Kier alpha value is -4.00. The molecule has 144 valence electrons. The number of benzene rings is 3. The summed E-state index contributed by atoms with van der Waals surface area (Å²) in [4.78, 5) is 24.2. The highest BCUT2D eigenvalue weighted by Crippen LogP contribution is 2.17. The number of hydrogen-bond acceptors (Lipinski definition) is 6. The fourth-order valence-electron chi connectivity index (χ4n) is 2.79. The Labute approximate surface area is 166 Å². The molecule has 4 rings (SSSR count). The summed E-state index contributed by atoms with van der Waals surface area (Å²) in [6.45, 7) is -0.421. The number of hydrogen-bond donors (Lipinski definition) is 1. The van der Waals surface area contributed by atoms with E-state index in [-0.39, 0.29) is 24.9 Å². The summed E-state index contributed by atoms with van der Waals surface area (Å²) < 4.78 is 10.6. The van der Waals surface area contributed by atoms with Crippen molar-refractivity contribution in [2.24, 2.45) is 0 Å². The van der Waals surface area contributed by atoms with E-state index in [1.54, 1.807) is 12.1 Å². The maximum absolute atomic E-state index is 12.3. The maximum atomic E-state index is 12.3. The van der Waals surface area contributed by atoms with E-state index in [9.17, 15) is 9.59 Å². The molecule has 1 N–H and O–H groups in total. The van der Waals surface area contributed by atoms with E-state index in [2.05, 4.69) is 15.5 Å². The van der Waals surface area contributed by atoms with Crippen molar-refractivity contribution in [3.8, 4) is 11.5 Å². The molecular formula is C22H17N3O4. The molecule has 0 aliphatic rings. The first kappa shape index (κ1) is 18.4. The highest BCUT2D eigenvalue weighted by Gasteiger charge is 2.12. The van der Waals surface area contributed by atoms with Crippen LogP contribution in [0.3, 0.4) is 0 Å². The van der Waals surface area contributed by atoms with E-state index in [0.29, 0.717) is 11.5 Å². The molecule has 0 fully saturated rings. The number of amides is 1. The van der Waals surface area contributed by atoms with Gasteiger partial charge in [-0.15, -0.1) is 10.2 Å². The zero-order chi connectivity index (χ0) is 20.1. The van der Waals surface area contributed by atoms with Gasteiger partial charge in [-0.05, 0) is 35.0 Å². The Morgan fingerprint density at radius 3 is 2.48 bits per heavy atom. The number of nitrogens with zero attached hydrogens (tertiary/aromatic N) is 2. The second-order valence-corrected chi connectivity index (χ2v) is 6.27. The van der Waals surface area contributed by atoms with Crippen LogP contribution in [-0.4, -0.2) is 28.6 Å². The van der Waals surface area contributed by atoms with Gasteiger partial charge in [-0.25, -0.2) is 0 Å². The van der Waals surface area contributed by atoms with Gasteiger partial charge >= 0.3 is 5.97 Å². The van der Waals surface area contributed by atoms with Crippen molar-refractivity contribution in [1.82, 2.24) is 15.5 Å². The minimum absolute atomic E-state index is 0.162. The van der Waals surface area contributed by atoms with Gasteiger partial charge in [0.05, 0.1) is 0 Å². The molecule has 4 aromatic rings. The van der Waals surface area contributed by atoms with E-state index in [1.165, 1.54) is 0 Å². The number of fused-ring (bicyclic) bond motifs is 1. The molecule has 29 heavy (non-hydrogen) atoms. The monoisotopic (exact) mass is 387 g/mol. The molecule has 0 aliphatic carbocycles. The summed E-state index contributed by atoms with van der Waals surface area (Å²) in [5.74, 6) is -0.422. The van der Waals surface area contributed by atoms with Crippen molar-refractivity contribution in [3.05, 3.63) is 84.3 Å². The first-order valence-corrected chi connectivity index (χ1v) is 8.99. The molecule has 3 aromatic carbocycles. The van der Waals surface area contributed by atoms with Gasteiger partial charge in [0.2, 0.25) is 5.89 Å². The molecular weight excluding hydrogens is 370 g/mol. The summed E-state index contributed by atoms with van der Waals surface area (Å²) in [7, 11) is 0. The molecule has 7 heteroatoms. The molecule has 0 spiro atoms. The van der Waals surface area contributed by atoms with Gasteiger partial charge in [0, 0.05) is 11.1 Å². The molecule has 0 aliphatic heterocycles. The number of ether oxygens (including phenoxy) is 1. The van der Waals surface area contributed by atoms with Crippen molar-refractivity contribution in [1.29, 1.82) is 0 Å². The van der Waals surface area contributed by atoms with Crippen molar-refractivity contribution >= 4 is 22.6 Å². The number of carbonyl (C=O) groups excluding carboxylic acids is 2. The van der Waals surface area contributed by atoms with E-state index in [1.807, 2.05) is 60.7 Å². The highest BCUT2D eigenvalue weighted by atomic mass is 16.5. The lowest BCUT2D eigenvalue weighted by molar-refractivity contribution is -0.144. The van der Waals surface area contributed by atoms with Gasteiger partial charge in [-0.2, -0.15) is 0 Å². The lowest BCUT2D eigenvalue weighted by atomic mass is 10.1. The summed E-state index contributed by atoms with van der Waals surface area (Å²) in [6, 6.07) is 22.4. The van der Waals surface area contributed by atoms with Crippen molar-refractivity contribution in [2.75, 3.05) is 6.54 Å². The first-order valence-electron chi connectivity index (χ1n) is 8.99. The van der Waals surface area contributed by atoms with Crippen molar-refractivity contribution in [3.63, 3.8) is 0 Å². The van der Waals surface area contributed by atoms with Crippen LogP contribution in [0.25, 0.3) is 22.2 Å². The van der Waals surface area contributed by atoms with Crippen LogP contribution in [-0.2, 0) is 16.1 Å². The van der Waals surface area contributed by atoms with Crippen LogP contribution < -0.4 is 5.32 Å². The molecule has 0 saturated heterocycles. The lowest BCUT2D eigenvalue weighted by Crippen LogP contribution is -2.30. The summed E-state index contributed by atoms with van der Waals surface area (Å²) in [5.41, 5.74) is 1.25. The van der Waals surface area contributed by atoms with Gasteiger partial charge in [-0.3, -0.25) is 9.59 Å². The lowest BCUT2D eigenvalue weighted by Gasteiger charge is -2.06. The van der Waals surface area contributed by atoms with Crippen LogP contribution in [0.1, 0.15) is 16.2 Å². The van der Waals surface area contributed by atoms with Gasteiger partial charge in [0.15, 0.2) is 6.61 Å². The average molecular weight is 387 g/mol. The van der Waals surface area contributed by atoms with Crippen LogP contribution >= 0.6 is 0 Å². The Balaban J connectivity index is 1.28. The van der Waals surface area contributed by atoms with Gasteiger partial charge in [0.1, 0.15) is 6.54 Å². The third kappa shape index (κ3) is 4.47. The summed E-state index contributed by atoms with van der Waals surface area (Å²) in [6.07, 6.45) is 0. The van der Waals surface area contributed by atoms with Crippen molar-refractivity contribution < 1.29 is 18.7 Å². The Morgan fingerprint density at radius 2 is 1.66 bits per heavy atom. The highest BCUT2D eigenvalue weighted by molar-refractivity contribution is 5.99. The topological polar surface area (TPSA) is 94.3 Å². The third-order valence-electron chi connectivity index (χ3n) is 4.25. The summed E-state index contributed by atoms with van der Waals surface area (Å²) >= 11 is 0. The van der Waals surface area contributed by atoms with Crippen LogP contribution in [0.5, 0.6) is 0 Å². The Morgan fingerprint density at radius 1 is 0.897 bits per heavy atom. The normalized spacial score (nSPS) is 10.6. The van der Waals surface area contributed by atoms with Gasteiger partial charge < -0.3 is 14.5 Å². The van der Waals surface area contributed by atoms with E-state index in [4.69, 9.17) is 9.15 Å². The fourth-order valence-corrected chi connectivity index (χ4v) is 2.79. The second kappa shape index (κ2) is 8.35. The van der Waals surface area contributed by atoms with Crippen LogP contribution in [0.4, 0.5) is 0 Å². The van der Waals surface area contributed by atoms with Gasteiger partial charge in [-0.1, -0.05) is 48.5 Å². The molecule has 0 bridgehead atoms. The first-order chi connectivity index (χ1) is 14.2. The van der Waals surface area contributed by atoms with Crippen LogP contribution in [0, 0.1) is 0 Å². The number of carbonyl (C=O) groups is 2. The third-order valence-corrected chi connectivity index (χ3v) is 4.25. The Kier molecular flexibility index (Phi) is 5.29. The zero-order valence-corrected chi connectivity index (χ0v) is 15.4. The van der Waals surface area contributed by atoms with Crippen LogP contribution in [0.15, 0.2) is 77.2 Å². The minimum atomic E-state index is -0.599. The minimum Gasteiger partial charge on any atom is -0.454 e. The molecule has 7 nitrogen and oxygen atoms in total. The quantitative estimate of drug-likeness (QED) is 0.510. The van der Waals surface area contributed by atoms with Crippen molar-refractivity contribution in [2.45, 2.75) is 6.61 Å². The molecule has 0 atom stereocenters. The van der Waals surface area contributed by atoms with E-state index < -0.39 is 5.97 Å². The number of rotatable bonds is 6. The molecule has 1 heterocycles. The van der Waals surface area contributed by atoms with E-state index in [0.717, 1.165) is 16.3 Å². The largest absolute Gasteiger partial charge is 0.454 e. The molecule has 0 saturated carbocycles. The number of esters is 1. The average Bonchev–Trinajstić information content (AvgIpc) is 3.25. The van der Waals surface area contributed by atoms with E-state index >= 15 is 0 Å². The Bertz CT molecular complexity index is 1150. The molecule has 1 aromatic heterocycles. The molecule has 1 amide bonds. The zero-order valence-electron chi connectivity index (χ0n) is 15.4. The standard InChI is InChI=1S/C22H17N3O4/c26-20(28-14-19-24-25-22(29-19)16-7-2-1-3-8-16)13-23-21(27)18-11-10-15-6-4-5-9-17(15)12-18/h1-12H,13-14H2,(H,23,27). The SMILES string of the molecule is O=C(CNC(=O)c1ccc2ccccc2c1)OCc1nnc(-c2ccccc2)o1.